The van der Waals surface area contributed by atoms with E-state index in [0.29, 0.717) is 5.56 Å². The fraction of sp³-hybridized carbons (Fsp3) is 0.222. The zero-order chi connectivity index (χ0) is 12.6. The van der Waals surface area contributed by atoms with Gasteiger partial charge in [-0.1, -0.05) is 0 Å². The lowest BCUT2D eigenvalue weighted by Crippen LogP contribution is -2.18. The number of aromatic amines is 1. The molecular weight excluding hydrogens is 237 g/mol. The van der Waals surface area contributed by atoms with Crippen LogP contribution in [0.2, 0.25) is 0 Å². The van der Waals surface area contributed by atoms with Gasteiger partial charge in [-0.25, -0.2) is 4.98 Å². The number of nitrogens with zero attached hydrogens (tertiary/aromatic N) is 3. The molecule has 2 aromatic rings. The van der Waals surface area contributed by atoms with E-state index in [9.17, 15) is 18.0 Å². The predicted octanol–water partition coefficient (Wildman–Crippen LogP) is 1.19. The van der Waals surface area contributed by atoms with Crippen molar-refractivity contribution in [3.05, 3.63) is 34.6 Å². The molecular formula is C9H7F3N4O. The Balaban J connectivity index is 2.57. The Bertz CT molecular complexity index is 599. The van der Waals surface area contributed by atoms with Crippen molar-refractivity contribution in [3.8, 4) is 11.3 Å². The Morgan fingerprint density at radius 1 is 1.41 bits per heavy atom. The molecule has 90 valence electrons. The highest BCUT2D eigenvalue weighted by Crippen LogP contribution is 2.26. The minimum atomic E-state index is -4.68. The Kier molecular flexibility index (Phi) is 2.49. The molecule has 0 amide bonds. The lowest BCUT2D eigenvalue weighted by Gasteiger charge is -2.05. The number of halogens is 3. The summed E-state index contributed by atoms with van der Waals surface area (Å²) in [4.78, 5) is 16.1. The van der Waals surface area contributed by atoms with E-state index < -0.39 is 17.6 Å². The lowest BCUT2D eigenvalue weighted by atomic mass is 10.2. The van der Waals surface area contributed by atoms with Gasteiger partial charge >= 0.3 is 6.18 Å². The molecule has 0 saturated heterocycles. The Labute approximate surface area is 92.9 Å². The number of aromatic nitrogens is 4. The number of hydrogen-bond donors (Lipinski definition) is 1. The number of aryl methyl sites for hydroxylation is 1. The topological polar surface area (TPSA) is 63.6 Å². The summed E-state index contributed by atoms with van der Waals surface area (Å²) in [5, 5.41) is 3.80. The van der Waals surface area contributed by atoms with E-state index in [-0.39, 0.29) is 5.69 Å². The molecule has 17 heavy (non-hydrogen) atoms. The van der Waals surface area contributed by atoms with Gasteiger partial charge in [0.05, 0.1) is 11.9 Å². The molecule has 0 fully saturated rings. The second-order valence-corrected chi connectivity index (χ2v) is 3.38. The summed E-state index contributed by atoms with van der Waals surface area (Å²) >= 11 is 0. The fourth-order valence-electron chi connectivity index (χ4n) is 1.29. The average Bonchev–Trinajstić information content (AvgIpc) is 2.62. The van der Waals surface area contributed by atoms with Crippen LogP contribution in [0.5, 0.6) is 0 Å². The summed E-state index contributed by atoms with van der Waals surface area (Å²) < 4.78 is 38.7. The molecule has 2 aromatic heterocycles. The van der Waals surface area contributed by atoms with Crippen molar-refractivity contribution in [2.45, 2.75) is 6.18 Å². The molecule has 0 aliphatic carbocycles. The monoisotopic (exact) mass is 244 g/mol. The Morgan fingerprint density at radius 2 is 2.12 bits per heavy atom. The van der Waals surface area contributed by atoms with E-state index in [2.05, 4.69) is 10.1 Å². The number of H-pyrrole nitrogens is 1. The largest absolute Gasteiger partial charge is 0.449 e. The molecule has 0 spiro atoms. The van der Waals surface area contributed by atoms with Crippen LogP contribution in [0.3, 0.4) is 0 Å². The number of rotatable bonds is 1. The van der Waals surface area contributed by atoms with E-state index in [0.717, 1.165) is 6.07 Å². The summed E-state index contributed by atoms with van der Waals surface area (Å²) in [7, 11) is 1.61. The molecule has 2 heterocycles. The van der Waals surface area contributed by atoms with Crippen molar-refractivity contribution < 1.29 is 13.2 Å². The second kappa shape index (κ2) is 3.72. The van der Waals surface area contributed by atoms with Gasteiger partial charge in [-0.05, 0) is 0 Å². The molecule has 0 aromatic carbocycles. The van der Waals surface area contributed by atoms with E-state index in [1.807, 2.05) is 0 Å². The van der Waals surface area contributed by atoms with Crippen LogP contribution < -0.4 is 5.56 Å². The third kappa shape index (κ3) is 2.35. The van der Waals surface area contributed by atoms with Crippen LogP contribution in [0.1, 0.15) is 5.82 Å². The van der Waals surface area contributed by atoms with Crippen LogP contribution >= 0.6 is 0 Å². The normalized spacial score (nSPS) is 11.8. The number of alkyl halides is 3. The van der Waals surface area contributed by atoms with Gasteiger partial charge < -0.3 is 4.98 Å². The minimum Gasteiger partial charge on any atom is -0.303 e. The molecule has 2 rings (SSSR count). The second-order valence-electron chi connectivity index (χ2n) is 3.38. The average molecular weight is 244 g/mol. The van der Waals surface area contributed by atoms with Gasteiger partial charge in [0.2, 0.25) is 5.82 Å². The van der Waals surface area contributed by atoms with Crippen LogP contribution in [0.15, 0.2) is 23.3 Å². The molecule has 8 heteroatoms. The molecule has 0 bridgehead atoms. The number of nitrogens with one attached hydrogen (secondary N) is 1. The molecule has 0 aliphatic rings. The maximum Gasteiger partial charge on any atom is 0.449 e. The summed E-state index contributed by atoms with van der Waals surface area (Å²) in [6.45, 7) is 0. The van der Waals surface area contributed by atoms with Crippen molar-refractivity contribution in [2.24, 2.45) is 7.05 Å². The molecule has 5 nitrogen and oxygen atoms in total. The first-order valence-electron chi connectivity index (χ1n) is 4.54. The van der Waals surface area contributed by atoms with Gasteiger partial charge in [-0.2, -0.15) is 18.3 Å². The maximum atomic E-state index is 12.4. The SMILES string of the molecule is Cn1cc(-c2cc(=O)[nH]c(C(F)(F)F)n2)cn1. The van der Waals surface area contributed by atoms with Crippen molar-refractivity contribution in [3.63, 3.8) is 0 Å². The highest BCUT2D eigenvalue weighted by Gasteiger charge is 2.34. The maximum absolute atomic E-state index is 12.4. The van der Waals surface area contributed by atoms with Crippen LogP contribution in [0, 0.1) is 0 Å². The first kappa shape index (κ1) is 11.4. The molecule has 0 unspecified atom stereocenters. The zero-order valence-electron chi connectivity index (χ0n) is 8.62. The first-order chi connectivity index (χ1) is 7.86. The number of hydrogen-bond acceptors (Lipinski definition) is 3. The van der Waals surface area contributed by atoms with Gasteiger partial charge in [0, 0.05) is 24.9 Å². The van der Waals surface area contributed by atoms with Crippen LogP contribution in [-0.4, -0.2) is 19.7 Å². The van der Waals surface area contributed by atoms with E-state index in [4.69, 9.17) is 0 Å². The predicted molar refractivity (Wildman–Crippen MR) is 52.1 cm³/mol. The van der Waals surface area contributed by atoms with E-state index in [1.54, 1.807) is 12.0 Å². The smallest absolute Gasteiger partial charge is 0.303 e. The van der Waals surface area contributed by atoms with Gasteiger partial charge in [0.1, 0.15) is 0 Å². The van der Waals surface area contributed by atoms with Crippen LogP contribution in [0.25, 0.3) is 11.3 Å². The fourth-order valence-corrected chi connectivity index (χ4v) is 1.29. The van der Waals surface area contributed by atoms with Crippen molar-refractivity contribution >= 4 is 0 Å². The van der Waals surface area contributed by atoms with Gasteiger partial charge in [0.25, 0.3) is 5.56 Å². The van der Waals surface area contributed by atoms with Crippen molar-refractivity contribution in [2.75, 3.05) is 0 Å². The summed E-state index contributed by atoms with van der Waals surface area (Å²) in [5.74, 6) is -1.32. The Hall–Kier alpha value is -2.12. The first-order valence-corrected chi connectivity index (χ1v) is 4.54. The molecule has 0 aliphatic heterocycles. The van der Waals surface area contributed by atoms with E-state index >= 15 is 0 Å². The van der Waals surface area contributed by atoms with Crippen molar-refractivity contribution in [1.29, 1.82) is 0 Å². The van der Waals surface area contributed by atoms with Crippen LogP contribution in [-0.2, 0) is 13.2 Å². The van der Waals surface area contributed by atoms with Crippen molar-refractivity contribution in [1.82, 2.24) is 19.7 Å². The third-order valence-corrected chi connectivity index (χ3v) is 2.01. The lowest BCUT2D eigenvalue weighted by molar-refractivity contribution is -0.145. The van der Waals surface area contributed by atoms with Crippen LogP contribution in [0.4, 0.5) is 13.2 Å². The highest BCUT2D eigenvalue weighted by molar-refractivity contribution is 5.56. The highest BCUT2D eigenvalue weighted by atomic mass is 19.4. The Morgan fingerprint density at radius 3 is 2.65 bits per heavy atom. The quantitative estimate of drug-likeness (QED) is 0.819. The standard InChI is InChI=1S/C9H7F3N4O/c1-16-4-5(3-13-16)6-2-7(17)15-8(14-6)9(10,11)12/h2-4H,1H3,(H,14,15,17). The molecule has 0 saturated carbocycles. The molecule has 0 atom stereocenters. The van der Waals surface area contributed by atoms with Gasteiger partial charge in [-0.3, -0.25) is 9.48 Å². The van der Waals surface area contributed by atoms with Gasteiger partial charge in [0.15, 0.2) is 0 Å². The summed E-state index contributed by atoms with van der Waals surface area (Å²) in [6.07, 6.45) is -1.87. The summed E-state index contributed by atoms with van der Waals surface area (Å²) in [6, 6.07) is 0.992. The minimum absolute atomic E-state index is 0.0609. The third-order valence-electron chi connectivity index (χ3n) is 2.01. The summed E-state index contributed by atoms with van der Waals surface area (Å²) in [5.41, 5.74) is -0.565. The zero-order valence-corrected chi connectivity index (χ0v) is 8.62. The van der Waals surface area contributed by atoms with Gasteiger partial charge in [-0.15, -0.1) is 0 Å². The molecule has 0 radical (unpaired) electrons. The van der Waals surface area contributed by atoms with E-state index in [1.165, 1.54) is 17.1 Å². The molecule has 1 N–H and O–H groups in total.